The Morgan fingerprint density at radius 2 is 1.47 bits per heavy atom. The summed E-state index contributed by atoms with van der Waals surface area (Å²) in [5.74, 6) is -0.827. The highest BCUT2D eigenvalue weighted by Crippen LogP contribution is 2.48. The molecule has 2 aliphatic heterocycles. The average Bonchev–Trinajstić information content (AvgIpc) is 3.70. The van der Waals surface area contributed by atoms with Crippen LogP contribution in [0.3, 0.4) is 0 Å². The molecule has 4 heterocycles. The maximum absolute atomic E-state index is 12.7. The fourth-order valence-corrected chi connectivity index (χ4v) is 7.26. The van der Waals surface area contributed by atoms with Gasteiger partial charge in [-0.3, -0.25) is 4.79 Å². The molecular weight excluding hydrogens is 583 g/mol. The normalized spacial score (nSPS) is 23.0. The van der Waals surface area contributed by atoms with E-state index in [2.05, 4.69) is 50.7 Å². The molecule has 2 aromatic heterocycles. The molecule has 0 bridgehead atoms. The quantitative estimate of drug-likeness (QED) is 0.128. The van der Waals surface area contributed by atoms with Gasteiger partial charge in [-0.15, -0.1) is 0 Å². The molecule has 0 radical (unpaired) electrons. The third-order valence-corrected chi connectivity index (χ3v) is 9.38. The first-order chi connectivity index (χ1) is 20.9. The molecule has 3 aromatic carbocycles. The third-order valence-electron chi connectivity index (χ3n) is 7.95. The van der Waals surface area contributed by atoms with Crippen molar-refractivity contribution in [3.63, 3.8) is 0 Å². The molecule has 7 rings (SSSR count). The van der Waals surface area contributed by atoms with E-state index in [4.69, 9.17) is 18.9 Å². The van der Waals surface area contributed by atoms with Crippen LogP contribution in [0.25, 0.3) is 10.2 Å². The zero-order chi connectivity index (χ0) is 29.6. The maximum atomic E-state index is 12.7. The number of rotatable bonds is 8. The lowest BCUT2D eigenvalue weighted by atomic mass is 9.80. The van der Waals surface area contributed by atoms with Crippen LogP contribution in [0, 0.1) is 0 Å². The van der Waals surface area contributed by atoms with E-state index in [9.17, 15) is 4.79 Å². The van der Waals surface area contributed by atoms with Gasteiger partial charge in [0.05, 0.1) is 6.61 Å². The Kier molecular flexibility index (Phi) is 7.45. The molecule has 4 atom stereocenters. The van der Waals surface area contributed by atoms with E-state index in [1.807, 2.05) is 74.7 Å². The van der Waals surface area contributed by atoms with E-state index in [1.54, 1.807) is 0 Å². The minimum absolute atomic E-state index is 0.210. The van der Waals surface area contributed by atoms with Crippen LogP contribution >= 0.6 is 23.3 Å². The van der Waals surface area contributed by atoms with Gasteiger partial charge in [-0.05, 0) is 48.3 Å². The lowest BCUT2D eigenvalue weighted by Gasteiger charge is -2.37. The van der Waals surface area contributed by atoms with Crippen LogP contribution in [0.5, 0.6) is 0 Å². The van der Waals surface area contributed by atoms with Crippen LogP contribution in [-0.2, 0) is 24.5 Å². The highest BCUT2D eigenvalue weighted by atomic mass is 32.2. The van der Waals surface area contributed by atoms with E-state index < -0.39 is 35.8 Å². The number of H-pyrrole nitrogens is 1. The summed E-state index contributed by atoms with van der Waals surface area (Å²) in [5.41, 5.74) is 2.99. The van der Waals surface area contributed by atoms with Crippen molar-refractivity contribution in [2.75, 3.05) is 12.9 Å². The molecule has 2 aliphatic rings. The van der Waals surface area contributed by atoms with Crippen molar-refractivity contribution in [3.05, 3.63) is 124 Å². The van der Waals surface area contributed by atoms with Gasteiger partial charge in [0.25, 0.3) is 5.56 Å². The fourth-order valence-electron chi connectivity index (χ4n) is 6.13. The summed E-state index contributed by atoms with van der Waals surface area (Å²) < 4.78 is 31.8. The Morgan fingerprint density at radius 3 is 2.02 bits per heavy atom. The predicted octanol–water partition coefficient (Wildman–Crippen LogP) is 6.07. The Balaban J connectivity index is 1.29. The molecule has 0 amide bonds. The van der Waals surface area contributed by atoms with E-state index in [0.717, 1.165) is 28.2 Å². The van der Waals surface area contributed by atoms with Crippen molar-refractivity contribution in [3.8, 4) is 0 Å². The number of nitrogens with zero attached hydrogens (tertiary/aromatic N) is 2. The number of hydrogen-bond acceptors (Lipinski definition) is 9. The summed E-state index contributed by atoms with van der Waals surface area (Å²) in [6.45, 7) is 4.01. The third kappa shape index (κ3) is 5.02. The van der Waals surface area contributed by atoms with Gasteiger partial charge in [-0.1, -0.05) is 103 Å². The molecule has 0 saturated carbocycles. The lowest BCUT2D eigenvalue weighted by molar-refractivity contribution is -0.196. The first-order valence-corrected chi connectivity index (χ1v) is 16.1. The van der Waals surface area contributed by atoms with Gasteiger partial charge in [0.1, 0.15) is 45.9 Å². The average molecular weight is 614 g/mol. The number of benzene rings is 3. The number of thioether (sulfide) groups is 1. The molecule has 8 nitrogen and oxygen atoms in total. The Bertz CT molecular complexity index is 1680. The van der Waals surface area contributed by atoms with Gasteiger partial charge >= 0.3 is 0 Å². The monoisotopic (exact) mass is 613 g/mol. The molecule has 0 spiro atoms. The summed E-state index contributed by atoms with van der Waals surface area (Å²) in [7, 11) is 0. The van der Waals surface area contributed by atoms with Gasteiger partial charge in [0.2, 0.25) is 0 Å². The minimum Gasteiger partial charge on any atom is -0.360 e. The summed E-state index contributed by atoms with van der Waals surface area (Å²) >= 11 is 2.49. The SMILES string of the molecule is CSc1nc2c([C@@H]3O[C@H](COC(c4ccccc4)(c4ccccc4)c4ccccc4)[C@H]4OC(C)(C)O[C@H]43)nsc2c(=O)[nH]1. The molecule has 10 heteroatoms. The van der Waals surface area contributed by atoms with Crippen molar-refractivity contribution >= 4 is 33.5 Å². The number of ether oxygens (including phenoxy) is 4. The fraction of sp³-hybridized carbons (Fsp3) is 0.303. The van der Waals surface area contributed by atoms with Crippen molar-refractivity contribution < 1.29 is 18.9 Å². The van der Waals surface area contributed by atoms with E-state index in [-0.39, 0.29) is 12.2 Å². The zero-order valence-electron chi connectivity index (χ0n) is 23.9. The molecular formula is C33H31N3O5S2. The van der Waals surface area contributed by atoms with Crippen molar-refractivity contribution in [1.29, 1.82) is 0 Å². The van der Waals surface area contributed by atoms with Gasteiger partial charge < -0.3 is 23.9 Å². The predicted molar refractivity (Wildman–Crippen MR) is 166 cm³/mol. The zero-order valence-corrected chi connectivity index (χ0v) is 25.6. The van der Waals surface area contributed by atoms with Crippen molar-refractivity contribution in [2.24, 2.45) is 0 Å². The smallest absolute Gasteiger partial charge is 0.271 e. The maximum Gasteiger partial charge on any atom is 0.271 e. The molecule has 2 saturated heterocycles. The van der Waals surface area contributed by atoms with E-state index >= 15 is 0 Å². The number of hydrogen-bond donors (Lipinski definition) is 1. The molecule has 2 fully saturated rings. The molecule has 220 valence electrons. The minimum atomic E-state index is -0.912. The second kappa shape index (κ2) is 11.3. The molecule has 1 N–H and O–H groups in total. The number of aromatic nitrogens is 3. The van der Waals surface area contributed by atoms with E-state index in [1.165, 1.54) is 11.8 Å². The van der Waals surface area contributed by atoms with Gasteiger partial charge in [-0.2, -0.15) is 4.37 Å². The number of nitrogens with one attached hydrogen (secondary N) is 1. The van der Waals surface area contributed by atoms with Crippen LogP contribution < -0.4 is 5.56 Å². The number of aromatic amines is 1. The van der Waals surface area contributed by atoms with E-state index in [0.29, 0.717) is 21.1 Å². The van der Waals surface area contributed by atoms with Gasteiger partial charge in [0, 0.05) is 0 Å². The highest BCUT2D eigenvalue weighted by Gasteiger charge is 2.57. The lowest BCUT2D eigenvalue weighted by Crippen LogP contribution is -2.39. The molecule has 0 aliphatic carbocycles. The van der Waals surface area contributed by atoms with Crippen LogP contribution in [-0.4, -0.2) is 51.3 Å². The second-order valence-corrected chi connectivity index (χ2v) is 12.6. The largest absolute Gasteiger partial charge is 0.360 e. The second-order valence-electron chi connectivity index (χ2n) is 11.1. The summed E-state index contributed by atoms with van der Waals surface area (Å²) in [4.78, 5) is 20.2. The van der Waals surface area contributed by atoms with Crippen molar-refractivity contribution in [1.82, 2.24) is 14.3 Å². The molecule has 5 aromatic rings. The van der Waals surface area contributed by atoms with Crippen molar-refractivity contribution in [2.45, 2.75) is 54.8 Å². The summed E-state index contributed by atoms with van der Waals surface area (Å²) in [6.07, 6.45) is -0.0663. The molecule has 0 unspecified atom stereocenters. The van der Waals surface area contributed by atoms with Crippen LogP contribution in [0.15, 0.2) is 101 Å². The summed E-state index contributed by atoms with van der Waals surface area (Å²) in [5, 5.41) is 0.524. The number of fused-ring (bicyclic) bond motifs is 2. The Morgan fingerprint density at radius 1 is 0.907 bits per heavy atom. The Labute approximate surface area is 257 Å². The molecule has 43 heavy (non-hydrogen) atoms. The van der Waals surface area contributed by atoms with Crippen LogP contribution in [0.2, 0.25) is 0 Å². The summed E-state index contributed by atoms with van der Waals surface area (Å²) in [6, 6.07) is 30.7. The highest BCUT2D eigenvalue weighted by molar-refractivity contribution is 7.98. The van der Waals surface area contributed by atoms with Crippen LogP contribution in [0.4, 0.5) is 0 Å². The first-order valence-electron chi connectivity index (χ1n) is 14.1. The first kappa shape index (κ1) is 28.4. The Hall–Kier alpha value is -3.38. The standard InChI is InChI=1S/C33H31N3O5S2/c1-32(2)40-26-23(39-27(28(26)41-32)24-25-29(43-36-24)30(37)35-31(34-25)42-3)19-38-33(20-13-7-4-8-14-20,21-15-9-5-10-16-21)22-17-11-6-12-18-22/h4-18,23,26-28H,19H2,1-3H3,(H,34,35,37)/t23-,26-,27+,28-/m1/s1. The topological polar surface area (TPSA) is 95.6 Å². The van der Waals surface area contributed by atoms with Gasteiger partial charge in [0.15, 0.2) is 10.9 Å². The van der Waals surface area contributed by atoms with Gasteiger partial charge in [-0.25, -0.2) is 4.98 Å². The van der Waals surface area contributed by atoms with Crippen LogP contribution in [0.1, 0.15) is 42.3 Å².